The van der Waals surface area contributed by atoms with Gasteiger partial charge < -0.3 is 4.98 Å². The number of aromatic nitrogens is 2. The van der Waals surface area contributed by atoms with Crippen LogP contribution in [0, 0.1) is 3.57 Å². The highest BCUT2D eigenvalue weighted by Crippen LogP contribution is 2.19. The van der Waals surface area contributed by atoms with Crippen molar-refractivity contribution >= 4 is 40.0 Å². The summed E-state index contributed by atoms with van der Waals surface area (Å²) in [7, 11) is 0. The standard InChI is InChI=1S/C12H8ClIN2O3/c1-6(17)8-5-15-12(19)16(11(8)18)10-3-2-7(13)4-9(10)14/h2-5H,1H3,(H,15,19). The summed E-state index contributed by atoms with van der Waals surface area (Å²) in [5.41, 5.74) is -0.920. The fourth-order valence-electron chi connectivity index (χ4n) is 1.61. The molecule has 0 bridgehead atoms. The minimum absolute atomic E-state index is 0.0645. The van der Waals surface area contributed by atoms with E-state index < -0.39 is 17.0 Å². The summed E-state index contributed by atoms with van der Waals surface area (Å²) in [5.74, 6) is -0.404. The molecule has 2 rings (SSSR count). The average molecular weight is 391 g/mol. The lowest BCUT2D eigenvalue weighted by molar-refractivity contribution is 0.101. The molecule has 0 atom stereocenters. The molecule has 0 aliphatic rings. The van der Waals surface area contributed by atoms with Gasteiger partial charge in [0.1, 0.15) is 0 Å². The largest absolute Gasteiger partial charge is 0.333 e. The first-order valence-corrected chi connectivity index (χ1v) is 6.68. The number of carbonyl (C=O) groups excluding carboxylic acids is 1. The van der Waals surface area contributed by atoms with Crippen LogP contribution in [-0.4, -0.2) is 15.3 Å². The normalized spacial score (nSPS) is 10.5. The van der Waals surface area contributed by atoms with Gasteiger partial charge in [0.25, 0.3) is 5.56 Å². The number of halogens is 2. The van der Waals surface area contributed by atoms with Gasteiger partial charge in [-0.1, -0.05) is 11.6 Å². The molecule has 0 radical (unpaired) electrons. The van der Waals surface area contributed by atoms with E-state index in [2.05, 4.69) is 4.98 Å². The number of H-pyrrole nitrogens is 1. The Morgan fingerprint density at radius 3 is 2.63 bits per heavy atom. The van der Waals surface area contributed by atoms with E-state index in [0.29, 0.717) is 14.3 Å². The second-order valence-electron chi connectivity index (χ2n) is 3.80. The molecule has 1 aromatic heterocycles. The fourth-order valence-corrected chi connectivity index (χ4v) is 2.72. The molecule has 1 heterocycles. The summed E-state index contributed by atoms with van der Waals surface area (Å²) in [4.78, 5) is 37.7. The number of nitrogens with one attached hydrogen (secondary N) is 1. The zero-order valence-corrected chi connectivity index (χ0v) is 12.7. The number of carbonyl (C=O) groups is 1. The zero-order valence-electron chi connectivity index (χ0n) is 9.74. The van der Waals surface area contributed by atoms with Crippen LogP contribution in [0.25, 0.3) is 5.69 Å². The van der Waals surface area contributed by atoms with E-state index in [-0.39, 0.29) is 5.56 Å². The number of hydrogen-bond acceptors (Lipinski definition) is 3. The van der Waals surface area contributed by atoms with Crippen LogP contribution >= 0.6 is 34.2 Å². The van der Waals surface area contributed by atoms with Gasteiger partial charge in [-0.15, -0.1) is 0 Å². The van der Waals surface area contributed by atoms with E-state index in [1.54, 1.807) is 18.2 Å². The second-order valence-corrected chi connectivity index (χ2v) is 5.40. The minimum atomic E-state index is -0.642. The molecule has 0 aliphatic carbocycles. The van der Waals surface area contributed by atoms with E-state index in [4.69, 9.17) is 11.6 Å². The fraction of sp³-hybridized carbons (Fsp3) is 0.0833. The van der Waals surface area contributed by atoms with Crippen LogP contribution in [0.4, 0.5) is 0 Å². The van der Waals surface area contributed by atoms with Crippen LogP contribution in [0.3, 0.4) is 0 Å². The lowest BCUT2D eigenvalue weighted by Crippen LogP contribution is -2.36. The van der Waals surface area contributed by atoms with Crippen molar-refractivity contribution in [2.75, 3.05) is 0 Å². The maximum Gasteiger partial charge on any atom is 0.333 e. The van der Waals surface area contributed by atoms with Crippen molar-refractivity contribution < 1.29 is 4.79 Å². The van der Waals surface area contributed by atoms with Gasteiger partial charge >= 0.3 is 5.69 Å². The molecule has 1 aromatic carbocycles. The van der Waals surface area contributed by atoms with Crippen molar-refractivity contribution in [3.05, 3.63) is 59.4 Å². The summed E-state index contributed by atoms with van der Waals surface area (Å²) in [6.07, 6.45) is 1.13. The van der Waals surface area contributed by atoms with Gasteiger partial charge in [-0.25, -0.2) is 9.36 Å². The highest BCUT2D eigenvalue weighted by molar-refractivity contribution is 14.1. The Morgan fingerprint density at radius 2 is 2.05 bits per heavy atom. The Kier molecular flexibility index (Phi) is 3.91. The maximum atomic E-state index is 12.2. The van der Waals surface area contributed by atoms with Crippen LogP contribution in [0.15, 0.2) is 34.0 Å². The van der Waals surface area contributed by atoms with Crippen molar-refractivity contribution in [2.45, 2.75) is 6.92 Å². The van der Waals surface area contributed by atoms with Crippen molar-refractivity contribution in [1.29, 1.82) is 0 Å². The number of hydrogen-bond donors (Lipinski definition) is 1. The third kappa shape index (κ3) is 2.64. The molecule has 0 spiro atoms. The number of aromatic amines is 1. The summed E-state index contributed by atoms with van der Waals surface area (Å²) in [5, 5.41) is 0.500. The van der Waals surface area contributed by atoms with Gasteiger partial charge in [0.15, 0.2) is 5.78 Å². The lowest BCUT2D eigenvalue weighted by atomic mass is 10.2. The van der Waals surface area contributed by atoms with Crippen LogP contribution in [0.5, 0.6) is 0 Å². The van der Waals surface area contributed by atoms with Crippen molar-refractivity contribution in [3.63, 3.8) is 0 Å². The van der Waals surface area contributed by atoms with Gasteiger partial charge in [0.2, 0.25) is 0 Å². The van der Waals surface area contributed by atoms with E-state index in [9.17, 15) is 14.4 Å². The number of ketones is 1. The molecule has 0 amide bonds. The van der Waals surface area contributed by atoms with Crippen molar-refractivity contribution in [1.82, 2.24) is 9.55 Å². The van der Waals surface area contributed by atoms with E-state index in [0.717, 1.165) is 10.8 Å². The van der Waals surface area contributed by atoms with Gasteiger partial charge in [0, 0.05) is 14.8 Å². The van der Waals surface area contributed by atoms with Crippen LogP contribution in [-0.2, 0) is 0 Å². The second kappa shape index (κ2) is 5.30. The lowest BCUT2D eigenvalue weighted by Gasteiger charge is -2.08. The first-order chi connectivity index (χ1) is 8.91. The molecular weight excluding hydrogens is 383 g/mol. The molecular formula is C12H8ClIN2O3. The summed E-state index contributed by atoms with van der Waals surface area (Å²) >= 11 is 7.80. The molecule has 7 heteroatoms. The van der Waals surface area contributed by atoms with Crippen LogP contribution in [0.2, 0.25) is 5.02 Å². The van der Waals surface area contributed by atoms with Crippen molar-refractivity contribution in [3.8, 4) is 5.69 Å². The van der Waals surface area contributed by atoms with Crippen molar-refractivity contribution in [2.24, 2.45) is 0 Å². The molecule has 1 N–H and O–H groups in total. The Bertz CT molecular complexity index is 779. The van der Waals surface area contributed by atoms with E-state index >= 15 is 0 Å². The predicted molar refractivity (Wildman–Crippen MR) is 80.4 cm³/mol. The first-order valence-electron chi connectivity index (χ1n) is 5.23. The van der Waals surface area contributed by atoms with Gasteiger partial charge in [-0.05, 0) is 47.7 Å². The number of nitrogens with zero attached hydrogens (tertiary/aromatic N) is 1. The van der Waals surface area contributed by atoms with E-state index in [1.807, 2.05) is 22.6 Å². The summed E-state index contributed by atoms with van der Waals surface area (Å²) in [6.45, 7) is 1.27. The predicted octanol–water partition coefficient (Wildman–Crippen LogP) is 1.99. The Labute approximate surface area is 126 Å². The molecule has 98 valence electrons. The van der Waals surface area contributed by atoms with E-state index in [1.165, 1.54) is 6.92 Å². The van der Waals surface area contributed by atoms with Crippen LogP contribution < -0.4 is 11.2 Å². The number of Topliss-reactive ketones (excluding diaryl/α,β-unsaturated/α-hetero) is 1. The molecule has 0 fully saturated rings. The smallest absolute Gasteiger partial charge is 0.313 e. The monoisotopic (exact) mass is 390 g/mol. The first kappa shape index (κ1) is 14.0. The number of benzene rings is 1. The number of rotatable bonds is 2. The Balaban J connectivity index is 2.82. The minimum Gasteiger partial charge on any atom is -0.313 e. The van der Waals surface area contributed by atoms with Gasteiger partial charge in [0.05, 0.1) is 11.3 Å². The molecule has 0 unspecified atom stereocenters. The SMILES string of the molecule is CC(=O)c1c[nH]c(=O)n(-c2ccc(Cl)cc2I)c1=O. The van der Waals surface area contributed by atoms with Crippen LogP contribution in [0.1, 0.15) is 17.3 Å². The molecule has 0 saturated heterocycles. The maximum absolute atomic E-state index is 12.2. The Morgan fingerprint density at radius 1 is 1.37 bits per heavy atom. The molecule has 0 aliphatic heterocycles. The average Bonchev–Trinajstić information content (AvgIpc) is 2.31. The molecule has 0 saturated carbocycles. The highest BCUT2D eigenvalue weighted by Gasteiger charge is 2.14. The molecule has 19 heavy (non-hydrogen) atoms. The molecule has 5 nitrogen and oxygen atoms in total. The van der Waals surface area contributed by atoms with Gasteiger partial charge in [-0.3, -0.25) is 9.59 Å². The quantitative estimate of drug-likeness (QED) is 0.630. The zero-order chi connectivity index (χ0) is 14.2. The van der Waals surface area contributed by atoms with Gasteiger partial charge in [-0.2, -0.15) is 0 Å². The Hall–Kier alpha value is -1.41. The third-order valence-electron chi connectivity index (χ3n) is 2.51. The topological polar surface area (TPSA) is 71.9 Å². The highest BCUT2D eigenvalue weighted by atomic mass is 127. The summed E-state index contributed by atoms with van der Waals surface area (Å²) < 4.78 is 1.56. The third-order valence-corrected chi connectivity index (χ3v) is 3.61. The summed E-state index contributed by atoms with van der Waals surface area (Å²) in [6, 6.07) is 4.76. The molecule has 2 aromatic rings.